The van der Waals surface area contributed by atoms with E-state index in [0.29, 0.717) is 31.1 Å². The molecule has 0 bridgehead atoms. The normalized spacial score (nSPS) is 19.1. The van der Waals surface area contributed by atoms with Gasteiger partial charge in [0.05, 0.1) is 41.7 Å². The van der Waals surface area contributed by atoms with Gasteiger partial charge in [0.25, 0.3) is 20.0 Å². The average molecular weight is 645 g/mol. The SMILES string of the molecule is CCN=C(NS(=O)(=O)c1ccccc1)N1CC(C)(C)C(C(C)N=C(NS(=O)(=O)c2cccc(OC)c2)N2CC(C)(C)C=N2)=N1. The highest BCUT2D eigenvalue weighted by molar-refractivity contribution is 7.90. The Morgan fingerprint density at radius 3 is 2.18 bits per heavy atom. The van der Waals surface area contributed by atoms with E-state index < -0.39 is 31.5 Å². The highest BCUT2D eigenvalue weighted by Gasteiger charge is 2.40. The van der Waals surface area contributed by atoms with Crippen LogP contribution in [0.2, 0.25) is 0 Å². The summed E-state index contributed by atoms with van der Waals surface area (Å²) >= 11 is 0. The molecule has 2 aromatic rings. The zero-order valence-corrected chi connectivity index (χ0v) is 27.6. The average Bonchev–Trinajstić information content (AvgIpc) is 3.50. The van der Waals surface area contributed by atoms with Crippen LogP contribution in [0.3, 0.4) is 0 Å². The third kappa shape index (κ3) is 7.56. The Kier molecular flexibility index (Phi) is 9.40. The van der Waals surface area contributed by atoms with Crippen molar-refractivity contribution in [2.45, 2.75) is 57.4 Å². The first-order valence-corrected chi connectivity index (χ1v) is 17.1. The second-order valence-corrected chi connectivity index (χ2v) is 15.2. The van der Waals surface area contributed by atoms with E-state index in [1.165, 1.54) is 41.4 Å². The number of guanidine groups is 2. The fourth-order valence-corrected chi connectivity index (χ4v) is 6.87. The number of nitrogens with zero attached hydrogens (tertiary/aromatic N) is 6. The maximum atomic E-state index is 13.5. The predicted molar refractivity (Wildman–Crippen MR) is 172 cm³/mol. The Morgan fingerprint density at radius 2 is 1.57 bits per heavy atom. The summed E-state index contributed by atoms with van der Waals surface area (Å²) in [5, 5.41) is 12.2. The third-order valence-electron chi connectivity index (χ3n) is 6.94. The molecule has 1 unspecified atom stereocenters. The number of benzene rings is 2. The fourth-order valence-electron chi connectivity index (χ4n) is 4.78. The Balaban J connectivity index is 1.68. The van der Waals surface area contributed by atoms with Crippen molar-refractivity contribution in [3.8, 4) is 5.75 Å². The molecule has 238 valence electrons. The van der Waals surface area contributed by atoms with Crippen molar-refractivity contribution in [3.63, 3.8) is 0 Å². The molecule has 13 nitrogen and oxygen atoms in total. The maximum Gasteiger partial charge on any atom is 0.264 e. The highest BCUT2D eigenvalue weighted by Crippen LogP contribution is 2.30. The minimum absolute atomic E-state index is 0.00969. The van der Waals surface area contributed by atoms with Crippen molar-refractivity contribution < 1.29 is 21.6 Å². The van der Waals surface area contributed by atoms with E-state index in [1.807, 2.05) is 27.7 Å². The maximum absolute atomic E-state index is 13.5. The Morgan fingerprint density at radius 1 is 0.932 bits per heavy atom. The van der Waals surface area contributed by atoms with Crippen LogP contribution in [0.15, 0.2) is 84.6 Å². The van der Waals surface area contributed by atoms with Crippen LogP contribution in [0.1, 0.15) is 41.5 Å². The van der Waals surface area contributed by atoms with E-state index in [-0.39, 0.29) is 27.1 Å². The molecule has 15 heteroatoms. The van der Waals surface area contributed by atoms with E-state index in [2.05, 4.69) is 19.5 Å². The van der Waals surface area contributed by atoms with Crippen LogP contribution in [-0.4, -0.2) is 83.5 Å². The number of methoxy groups -OCH3 is 1. The molecule has 0 saturated heterocycles. The molecular weight excluding hydrogens is 605 g/mol. The number of hydrogen-bond donors (Lipinski definition) is 2. The van der Waals surface area contributed by atoms with Crippen LogP contribution in [0.25, 0.3) is 0 Å². The van der Waals surface area contributed by atoms with Gasteiger partial charge in [-0.15, -0.1) is 0 Å². The lowest BCUT2D eigenvalue weighted by atomic mass is 9.85. The molecule has 2 aromatic carbocycles. The molecule has 2 aliphatic rings. The van der Waals surface area contributed by atoms with Crippen LogP contribution < -0.4 is 14.2 Å². The molecule has 44 heavy (non-hydrogen) atoms. The van der Waals surface area contributed by atoms with Gasteiger partial charge >= 0.3 is 0 Å². The first-order valence-electron chi connectivity index (χ1n) is 14.1. The van der Waals surface area contributed by atoms with E-state index in [9.17, 15) is 16.8 Å². The van der Waals surface area contributed by atoms with Gasteiger partial charge in [-0.1, -0.05) is 52.0 Å². The van der Waals surface area contributed by atoms with Gasteiger partial charge in [0, 0.05) is 29.7 Å². The number of nitrogens with one attached hydrogen (secondary N) is 2. The van der Waals surface area contributed by atoms with Gasteiger partial charge in [-0.3, -0.25) is 4.99 Å². The van der Waals surface area contributed by atoms with Crippen molar-refractivity contribution in [3.05, 3.63) is 54.6 Å². The zero-order chi connectivity index (χ0) is 32.3. The molecule has 0 radical (unpaired) electrons. The lowest BCUT2D eigenvalue weighted by Crippen LogP contribution is -2.44. The largest absolute Gasteiger partial charge is 0.497 e. The number of sulfonamides is 2. The second kappa shape index (κ2) is 12.6. The lowest BCUT2D eigenvalue weighted by Gasteiger charge is -2.26. The summed E-state index contributed by atoms with van der Waals surface area (Å²) in [6.07, 6.45) is 1.75. The van der Waals surface area contributed by atoms with Crippen molar-refractivity contribution in [2.24, 2.45) is 31.0 Å². The lowest BCUT2D eigenvalue weighted by molar-refractivity contribution is 0.374. The van der Waals surface area contributed by atoms with Gasteiger partial charge < -0.3 is 4.74 Å². The van der Waals surface area contributed by atoms with Crippen LogP contribution in [0, 0.1) is 10.8 Å². The van der Waals surface area contributed by atoms with E-state index >= 15 is 0 Å². The summed E-state index contributed by atoms with van der Waals surface area (Å²) in [6.45, 7) is 12.5. The third-order valence-corrected chi connectivity index (χ3v) is 9.61. The van der Waals surface area contributed by atoms with Gasteiger partial charge in [0.15, 0.2) is 0 Å². The van der Waals surface area contributed by atoms with E-state index in [0.717, 1.165) is 0 Å². The molecular formula is C29H40N8O5S2. The summed E-state index contributed by atoms with van der Waals surface area (Å²) < 4.78 is 63.6. The summed E-state index contributed by atoms with van der Waals surface area (Å²) in [7, 11) is -6.52. The van der Waals surface area contributed by atoms with Gasteiger partial charge in [0.2, 0.25) is 11.9 Å². The number of rotatable bonds is 8. The molecule has 0 saturated carbocycles. The van der Waals surface area contributed by atoms with Crippen LogP contribution in [-0.2, 0) is 20.0 Å². The monoisotopic (exact) mass is 644 g/mol. The smallest absolute Gasteiger partial charge is 0.264 e. The molecule has 2 aliphatic heterocycles. The number of hydrazone groups is 2. The Hall–Kier alpha value is -3.98. The Bertz CT molecular complexity index is 1700. The van der Waals surface area contributed by atoms with Crippen molar-refractivity contribution in [1.82, 2.24) is 19.5 Å². The summed E-state index contributed by atoms with van der Waals surface area (Å²) in [6, 6.07) is 13.6. The van der Waals surface area contributed by atoms with E-state index in [1.54, 1.807) is 50.4 Å². The molecule has 0 fully saturated rings. The minimum atomic E-state index is -4.07. The van der Waals surface area contributed by atoms with Crippen molar-refractivity contribution >= 4 is 43.9 Å². The topological polar surface area (TPSA) is 157 Å². The zero-order valence-electron chi connectivity index (χ0n) is 26.0. The summed E-state index contributed by atoms with van der Waals surface area (Å²) in [4.78, 5) is 9.29. The number of ether oxygens (including phenoxy) is 1. The van der Waals surface area contributed by atoms with Crippen LogP contribution in [0.4, 0.5) is 0 Å². The summed E-state index contributed by atoms with van der Waals surface area (Å²) in [5.41, 5.74) is -0.269. The minimum Gasteiger partial charge on any atom is -0.497 e. The van der Waals surface area contributed by atoms with Gasteiger partial charge in [-0.2, -0.15) is 10.2 Å². The number of hydrogen-bond acceptors (Lipinski definition) is 9. The van der Waals surface area contributed by atoms with Gasteiger partial charge in [-0.05, 0) is 38.1 Å². The van der Waals surface area contributed by atoms with Crippen LogP contribution in [0.5, 0.6) is 5.75 Å². The molecule has 0 aromatic heterocycles. The van der Waals surface area contributed by atoms with Crippen molar-refractivity contribution in [2.75, 3.05) is 26.7 Å². The molecule has 0 spiro atoms. The quantitative estimate of drug-likeness (QED) is 0.330. The Labute approximate surface area is 259 Å². The predicted octanol–water partition coefficient (Wildman–Crippen LogP) is 3.10. The van der Waals surface area contributed by atoms with Gasteiger partial charge in [-0.25, -0.2) is 41.3 Å². The van der Waals surface area contributed by atoms with Crippen molar-refractivity contribution in [1.29, 1.82) is 0 Å². The summed E-state index contributed by atoms with van der Waals surface area (Å²) in [5.74, 6) is 0.515. The molecule has 4 rings (SSSR count). The first-order chi connectivity index (χ1) is 20.6. The fraction of sp³-hybridized carbons (Fsp3) is 0.448. The molecule has 1 atom stereocenters. The molecule has 0 aliphatic carbocycles. The highest BCUT2D eigenvalue weighted by atomic mass is 32.2. The molecule has 2 N–H and O–H groups in total. The second-order valence-electron chi connectivity index (χ2n) is 11.8. The standard InChI is InChI=1S/C29H40N8O5S2/c1-8-30-26(34-43(38,39)23-14-10-9-11-15-23)37-20-29(5,6)25(33-37)21(2)32-27(36-19-28(3,4)18-31-36)35-44(40,41)24-16-12-13-22(17-24)42-7/h9-18,21H,8,19-20H2,1-7H3,(H,30,34)(H,32,35). The molecule has 0 amide bonds. The molecule has 2 heterocycles. The van der Waals surface area contributed by atoms with Crippen LogP contribution >= 0.6 is 0 Å². The van der Waals surface area contributed by atoms with E-state index in [4.69, 9.17) is 14.8 Å². The van der Waals surface area contributed by atoms with Gasteiger partial charge in [0.1, 0.15) is 5.75 Å². The number of aliphatic imine (C=N–C) groups is 2. The first kappa shape index (κ1) is 32.9.